The maximum Gasteiger partial charge on any atom is 0.145 e. The third-order valence-electron chi connectivity index (χ3n) is 2.18. The number of hydrogen-bond acceptors (Lipinski definition) is 2. The number of hydrogen-bond donors (Lipinski definition) is 1. The number of aromatic nitrogens is 1. The smallest absolute Gasteiger partial charge is 0.145 e. The summed E-state index contributed by atoms with van der Waals surface area (Å²) in [5.41, 5.74) is 7.16. The Kier molecular flexibility index (Phi) is 3.12. The van der Waals surface area contributed by atoms with E-state index in [4.69, 9.17) is 17.3 Å². The maximum absolute atomic E-state index is 13.6. The Bertz CT molecular complexity index is 546. The molecule has 0 saturated heterocycles. The van der Waals surface area contributed by atoms with Crippen LogP contribution in [-0.4, -0.2) is 4.98 Å². The van der Waals surface area contributed by atoms with Gasteiger partial charge in [-0.15, -0.1) is 0 Å². The van der Waals surface area contributed by atoms with E-state index >= 15 is 0 Å². The third-order valence-corrected chi connectivity index (χ3v) is 3.50. The van der Waals surface area contributed by atoms with Gasteiger partial charge in [-0.1, -0.05) is 29.8 Å². The van der Waals surface area contributed by atoms with Crippen molar-refractivity contribution < 1.29 is 4.39 Å². The van der Waals surface area contributed by atoms with Crippen LogP contribution in [0.25, 0.3) is 11.1 Å². The first kappa shape index (κ1) is 11.4. The normalized spacial score (nSPS) is 10.4. The van der Waals surface area contributed by atoms with Crippen molar-refractivity contribution >= 4 is 33.2 Å². The van der Waals surface area contributed by atoms with Gasteiger partial charge in [-0.2, -0.15) is 0 Å². The highest BCUT2D eigenvalue weighted by Gasteiger charge is 2.12. The standard InChI is InChI=1S/C11H7BrClFN2/c12-9-10(15)7(5-16-11(9)13)6-3-1-2-4-8(6)14/h1-5H,(H2,15,16). The van der Waals surface area contributed by atoms with Crippen molar-refractivity contribution in [2.45, 2.75) is 0 Å². The van der Waals surface area contributed by atoms with E-state index in [0.717, 1.165) is 0 Å². The van der Waals surface area contributed by atoms with Crippen LogP contribution < -0.4 is 5.73 Å². The number of nitrogen functional groups attached to an aromatic ring is 1. The Morgan fingerprint density at radius 1 is 1.25 bits per heavy atom. The molecule has 0 aliphatic carbocycles. The molecule has 2 aromatic rings. The number of anilines is 1. The van der Waals surface area contributed by atoms with Crippen LogP contribution in [0.15, 0.2) is 34.9 Å². The molecule has 16 heavy (non-hydrogen) atoms. The number of rotatable bonds is 1. The molecule has 0 fully saturated rings. The lowest BCUT2D eigenvalue weighted by Gasteiger charge is -2.08. The molecular weight excluding hydrogens is 294 g/mol. The minimum Gasteiger partial charge on any atom is -0.397 e. The fourth-order valence-corrected chi connectivity index (χ4v) is 1.84. The molecule has 0 aliphatic heterocycles. The predicted molar refractivity (Wildman–Crippen MR) is 66.8 cm³/mol. The second-order valence-electron chi connectivity index (χ2n) is 3.17. The second kappa shape index (κ2) is 4.39. The Morgan fingerprint density at radius 2 is 1.94 bits per heavy atom. The first-order valence-electron chi connectivity index (χ1n) is 4.45. The highest BCUT2D eigenvalue weighted by Crippen LogP contribution is 2.35. The average Bonchev–Trinajstić information content (AvgIpc) is 2.28. The molecule has 0 spiro atoms. The zero-order chi connectivity index (χ0) is 11.7. The van der Waals surface area contributed by atoms with Crippen molar-refractivity contribution in [1.29, 1.82) is 0 Å². The molecule has 0 amide bonds. The Morgan fingerprint density at radius 3 is 2.62 bits per heavy atom. The fraction of sp³-hybridized carbons (Fsp3) is 0. The number of nitrogens with zero attached hydrogens (tertiary/aromatic N) is 1. The lowest BCUT2D eigenvalue weighted by molar-refractivity contribution is 0.631. The molecule has 2 N–H and O–H groups in total. The monoisotopic (exact) mass is 300 g/mol. The van der Waals surface area contributed by atoms with E-state index < -0.39 is 0 Å². The van der Waals surface area contributed by atoms with Crippen LogP contribution in [0, 0.1) is 5.82 Å². The molecule has 1 heterocycles. The molecule has 5 heteroatoms. The molecule has 0 aliphatic rings. The molecule has 1 aromatic heterocycles. The molecule has 2 rings (SSSR count). The predicted octanol–water partition coefficient (Wildman–Crippen LogP) is 3.89. The van der Waals surface area contributed by atoms with Gasteiger partial charge in [-0.25, -0.2) is 9.37 Å². The van der Waals surface area contributed by atoms with Crippen molar-refractivity contribution in [1.82, 2.24) is 4.98 Å². The average molecular weight is 302 g/mol. The summed E-state index contributed by atoms with van der Waals surface area (Å²) in [6, 6.07) is 6.37. The molecular formula is C11H7BrClFN2. The lowest BCUT2D eigenvalue weighted by atomic mass is 10.1. The van der Waals surface area contributed by atoms with E-state index in [1.807, 2.05) is 0 Å². The van der Waals surface area contributed by atoms with Crippen LogP contribution in [0.3, 0.4) is 0 Å². The van der Waals surface area contributed by atoms with Crippen LogP contribution in [0.1, 0.15) is 0 Å². The SMILES string of the molecule is Nc1c(-c2ccccc2F)cnc(Cl)c1Br. The summed E-state index contributed by atoms with van der Waals surface area (Å²) < 4.78 is 14.0. The number of pyridine rings is 1. The first-order chi connectivity index (χ1) is 7.61. The van der Waals surface area contributed by atoms with Gasteiger partial charge >= 0.3 is 0 Å². The van der Waals surface area contributed by atoms with Crippen LogP contribution in [-0.2, 0) is 0 Å². The van der Waals surface area contributed by atoms with Crippen molar-refractivity contribution in [3.05, 3.63) is 45.9 Å². The van der Waals surface area contributed by atoms with Gasteiger partial charge in [0.2, 0.25) is 0 Å². The molecule has 0 saturated carbocycles. The summed E-state index contributed by atoms with van der Waals surface area (Å²) in [7, 11) is 0. The van der Waals surface area contributed by atoms with Gasteiger partial charge in [0.05, 0.1) is 10.2 Å². The molecule has 0 unspecified atom stereocenters. The highest BCUT2D eigenvalue weighted by atomic mass is 79.9. The van der Waals surface area contributed by atoms with Crippen molar-refractivity contribution in [3.63, 3.8) is 0 Å². The fourth-order valence-electron chi connectivity index (χ4n) is 1.37. The minimum absolute atomic E-state index is 0.262. The summed E-state index contributed by atoms with van der Waals surface area (Å²) >= 11 is 8.99. The molecule has 0 bridgehead atoms. The largest absolute Gasteiger partial charge is 0.397 e. The molecule has 0 atom stereocenters. The zero-order valence-corrected chi connectivity index (χ0v) is 10.4. The first-order valence-corrected chi connectivity index (χ1v) is 5.62. The van der Waals surface area contributed by atoms with E-state index in [0.29, 0.717) is 21.3 Å². The highest BCUT2D eigenvalue weighted by molar-refractivity contribution is 9.10. The summed E-state index contributed by atoms with van der Waals surface area (Å²) in [4.78, 5) is 3.93. The molecule has 1 aromatic carbocycles. The quantitative estimate of drug-likeness (QED) is 0.812. The Hall–Kier alpha value is -1.13. The number of halogens is 3. The summed E-state index contributed by atoms with van der Waals surface area (Å²) in [6.45, 7) is 0. The van der Waals surface area contributed by atoms with E-state index in [2.05, 4.69) is 20.9 Å². The van der Waals surface area contributed by atoms with Crippen molar-refractivity contribution in [2.24, 2.45) is 0 Å². The summed E-state index contributed by atoms with van der Waals surface area (Å²) in [6.07, 6.45) is 1.46. The van der Waals surface area contributed by atoms with Crippen molar-refractivity contribution in [2.75, 3.05) is 5.73 Å². The molecule has 82 valence electrons. The lowest BCUT2D eigenvalue weighted by Crippen LogP contribution is -1.95. The van der Waals surface area contributed by atoms with Crippen LogP contribution in [0.4, 0.5) is 10.1 Å². The van der Waals surface area contributed by atoms with E-state index in [1.54, 1.807) is 18.2 Å². The van der Waals surface area contributed by atoms with Gasteiger partial charge in [0, 0.05) is 17.3 Å². The third kappa shape index (κ3) is 1.90. The summed E-state index contributed by atoms with van der Waals surface area (Å²) in [5.74, 6) is -0.342. The van der Waals surface area contributed by atoms with Gasteiger partial charge in [-0.05, 0) is 22.0 Å². The Labute approximate surface area is 105 Å². The number of benzene rings is 1. The second-order valence-corrected chi connectivity index (χ2v) is 4.32. The zero-order valence-electron chi connectivity index (χ0n) is 8.05. The van der Waals surface area contributed by atoms with Gasteiger partial charge in [-0.3, -0.25) is 0 Å². The van der Waals surface area contributed by atoms with Gasteiger partial charge in [0.15, 0.2) is 0 Å². The minimum atomic E-state index is -0.342. The molecule has 0 radical (unpaired) electrons. The van der Waals surface area contributed by atoms with E-state index in [9.17, 15) is 4.39 Å². The maximum atomic E-state index is 13.6. The van der Waals surface area contributed by atoms with E-state index in [1.165, 1.54) is 12.3 Å². The van der Waals surface area contributed by atoms with Gasteiger partial charge in [0.25, 0.3) is 0 Å². The molecule has 2 nitrogen and oxygen atoms in total. The summed E-state index contributed by atoms with van der Waals surface area (Å²) in [5, 5.41) is 0.262. The van der Waals surface area contributed by atoms with E-state index in [-0.39, 0.29) is 11.0 Å². The topological polar surface area (TPSA) is 38.9 Å². The van der Waals surface area contributed by atoms with Gasteiger partial charge < -0.3 is 5.73 Å². The van der Waals surface area contributed by atoms with Crippen LogP contribution >= 0.6 is 27.5 Å². The van der Waals surface area contributed by atoms with Crippen molar-refractivity contribution in [3.8, 4) is 11.1 Å². The van der Waals surface area contributed by atoms with Gasteiger partial charge in [0.1, 0.15) is 11.0 Å². The number of nitrogens with two attached hydrogens (primary N) is 1. The Balaban J connectivity index is 2.66. The van der Waals surface area contributed by atoms with Crippen LogP contribution in [0.2, 0.25) is 5.15 Å². The van der Waals surface area contributed by atoms with Crippen LogP contribution in [0.5, 0.6) is 0 Å².